The summed E-state index contributed by atoms with van der Waals surface area (Å²) in [7, 11) is 0. The predicted molar refractivity (Wildman–Crippen MR) is 66.4 cm³/mol. The molecule has 0 saturated heterocycles. The van der Waals surface area contributed by atoms with Gasteiger partial charge in [-0.15, -0.1) is 6.58 Å². The second kappa shape index (κ2) is 8.29. The Bertz CT molecular complexity index is 234. The Labute approximate surface area is 94.5 Å². The van der Waals surface area contributed by atoms with Crippen molar-refractivity contribution in [1.29, 1.82) is 5.26 Å². The van der Waals surface area contributed by atoms with Gasteiger partial charge >= 0.3 is 0 Å². The third-order valence-corrected chi connectivity index (χ3v) is 2.90. The van der Waals surface area contributed by atoms with E-state index in [1.54, 1.807) is 0 Å². The molecule has 0 aliphatic carbocycles. The van der Waals surface area contributed by atoms with Crippen LogP contribution in [-0.2, 0) is 0 Å². The topological polar surface area (TPSA) is 23.8 Å². The Morgan fingerprint density at radius 1 is 1.40 bits per heavy atom. The van der Waals surface area contributed by atoms with Gasteiger partial charge in [0.2, 0.25) is 0 Å². The minimum absolute atomic E-state index is 0.576. The fraction of sp³-hybridized carbons (Fsp3) is 0.643. The molecule has 0 N–H and O–H groups in total. The molecule has 0 aromatic rings. The van der Waals surface area contributed by atoms with Crippen LogP contribution in [0, 0.1) is 23.2 Å². The summed E-state index contributed by atoms with van der Waals surface area (Å²) >= 11 is 0. The normalized spacial score (nSPS) is 13.9. The molecule has 1 heteroatoms. The fourth-order valence-electron chi connectivity index (χ4n) is 1.71. The van der Waals surface area contributed by atoms with Crippen LogP contribution in [-0.4, -0.2) is 0 Å². The van der Waals surface area contributed by atoms with Crippen molar-refractivity contribution in [2.45, 2.75) is 46.0 Å². The molecule has 2 unspecified atom stereocenters. The molecule has 0 aromatic carbocycles. The van der Waals surface area contributed by atoms with Crippen molar-refractivity contribution in [2.24, 2.45) is 11.8 Å². The molecule has 0 spiro atoms. The summed E-state index contributed by atoms with van der Waals surface area (Å²) in [5.74, 6) is 1.23. The molecule has 0 rings (SSSR count). The van der Waals surface area contributed by atoms with Gasteiger partial charge in [0.05, 0.1) is 6.07 Å². The molecule has 0 aromatic heterocycles. The lowest BCUT2D eigenvalue weighted by atomic mass is 9.88. The molecule has 0 bridgehead atoms. The van der Waals surface area contributed by atoms with Gasteiger partial charge in [-0.05, 0) is 38.0 Å². The van der Waals surface area contributed by atoms with Crippen LogP contribution in [0.5, 0.6) is 0 Å². The third-order valence-electron chi connectivity index (χ3n) is 2.90. The molecule has 0 amide bonds. The second-order valence-electron chi connectivity index (χ2n) is 4.45. The summed E-state index contributed by atoms with van der Waals surface area (Å²) in [4.78, 5) is 0. The average Bonchev–Trinajstić information content (AvgIpc) is 2.20. The number of hydrogen-bond acceptors (Lipinski definition) is 1. The SMILES string of the molecule is C=CCC(CCC(C)CCC#N)C(=C)C. The van der Waals surface area contributed by atoms with Crippen molar-refractivity contribution in [2.75, 3.05) is 0 Å². The highest BCUT2D eigenvalue weighted by Gasteiger charge is 2.10. The van der Waals surface area contributed by atoms with Crippen molar-refractivity contribution >= 4 is 0 Å². The minimum Gasteiger partial charge on any atom is -0.198 e. The van der Waals surface area contributed by atoms with Crippen LogP contribution in [0.2, 0.25) is 0 Å². The highest BCUT2D eigenvalue weighted by molar-refractivity contribution is 4.98. The molecule has 1 nitrogen and oxygen atoms in total. The summed E-state index contributed by atoms with van der Waals surface area (Å²) in [6.45, 7) is 12.1. The van der Waals surface area contributed by atoms with E-state index < -0.39 is 0 Å². The molecule has 2 atom stereocenters. The Morgan fingerprint density at radius 3 is 2.53 bits per heavy atom. The lowest BCUT2D eigenvalue weighted by molar-refractivity contribution is 0.429. The number of rotatable bonds is 8. The van der Waals surface area contributed by atoms with Crippen LogP contribution < -0.4 is 0 Å². The number of hydrogen-bond donors (Lipinski definition) is 0. The van der Waals surface area contributed by atoms with E-state index >= 15 is 0 Å². The maximum atomic E-state index is 8.49. The molecule has 0 aliphatic heterocycles. The van der Waals surface area contributed by atoms with Crippen LogP contribution in [0.1, 0.15) is 46.0 Å². The van der Waals surface area contributed by atoms with E-state index in [2.05, 4.69) is 33.1 Å². The summed E-state index contributed by atoms with van der Waals surface area (Å²) in [5, 5.41) is 8.49. The van der Waals surface area contributed by atoms with Gasteiger partial charge in [0.1, 0.15) is 0 Å². The van der Waals surface area contributed by atoms with Gasteiger partial charge in [0.15, 0.2) is 0 Å². The second-order valence-corrected chi connectivity index (χ2v) is 4.45. The van der Waals surface area contributed by atoms with Crippen molar-refractivity contribution in [3.63, 3.8) is 0 Å². The van der Waals surface area contributed by atoms with E-state index in [4.69, 9.17) is 5.26 Å². The first-order valence-corrected chi connectivity index (χ1v) is 5.75. The summed E-state index contributed by atoms with van der Waals surface area (Å²) in [6.07, 6.45) is 7.06. The average molecular weight is 205 g/mol. The smallest absolute Gasteiger partial charge is 0.0621 e. The number of nitriles is 1. The number of nitrogens with zero attached hydrogens (tertiary/aromatic N) is 1. The van der Waals surface area contributed by atoms with Gasteiger partial charge in [-0.2, -0.15) is 5.26 Å². The summed E-state index contributed by atoms with van der Waals surface area (Å²) in [5.41, 5.74) is 1.25. The van der Waals surface area contributed by atoms with E-state index in [1.807, 2.05) is 6.08 Å². The number of allylic oxidation sites excluding steroid dienone is 2. The largest absolute Gasteiger partial charge is 0.198 e. The first-order valence-electron chi connectivity index (χ1n) is 5.75. The molecule has 0 fully saturated rings. The van der Waals surface area contributed by atoms with Crippen LogP contribution in [0.15, 0.2) is 24.8 Å². The van der Waals surface area contributed by atoms with Gasteiger partial charge in [-0.25, -0.2) is 0 Å². The van der Waals surface area contributed by atoms with Crippen molar-refractivity contribution in [1.82, 2.24) is 0 Å². The lowest BCUT2D eigenvalue weighted by Gasteiger charge is -2.17. The van der Waals surface area contributed by atoms with Gasteiger partial charge in [0, 0.05) is 6.42 Å². The van der Waals surface area contributed by atoms with Gasteiger partial charge in [0.25, 0.3) is 0 Å². The highest BCUT2D eigenvalue weighted by Crippen LogP contribution is 2.23. The Morgan fingerprint density at radius 2 is 2.07 bits per heavy atom. The first kappa shape index (κ1) is 14.0. The Hall–Kier alpha value is -1.03. The van der Waals surface area contributed by atoms with Gasteiger partial charge in [-0.3, -0.25) is 0 Å². The fourth-order valence-corrected chi connectivity index (χ4v) is 1.71. The molecule has 84 valence electrons. The van der Waals surface area contributed by atoms with Gasteiger partial charge < -0.3 is 0 Å². The zero-order valence-electron chi connectivity index (χ0n) is 10.1. The zero-order valence-corrected chi connectivity index (χ0v) is 10.1. The highest BCUT2D eigenvalue weighted by atomic mass is 14.2. The zero-order chi connectivity index (χ0) is 11.7. The third kappa shape index (κ3) is 6.96. The Balaban J connectivity index is 3.83. The molecule has 0 heterocycles. The maximum Gasteiger partial charge on any atom is 0.0621 e. The maximum absolute atomic E-state index is 8.49. The van der Waals surface area contributed by atoms with Crippen LogP contribution in [0.25, 0.3) is 0 Å². The van der Waals surface area contributed by atoms with E-state index in [-0.39, 0.29) is 0 Å². The standard InChI is InChI=1S/C14H23N/c1-5-7-14(12(2)3)10-9-13(4)8-6-11-15/h5,13-14H,1-2,6-10H2,3-4H3. The van der Waals surface area contributed by atoms with Gasteiger partial charge in [-0.1, -0.05) is 31.6 Å². The molecule has 0 radical (unpaired) electrons. The molecule has 0 saturated carbocycles. The van der Waals surface area contributed by atoms with E-state index in [9.17, 15) is 0 Å². The van der Waals surface area contributed by atoms with Crippen molar-refractivity contribution in [3.05, 3.63) is 24.8 Å². The lowest BCUT2D eigenvalue weighted by Crippen LogP contribution is -2.04. The van der Waals surface area contributed by atoms with E-state index in [1.165, 1.54) is 18.4 Å². The first-order chi connectivity index (χ1) is 7.11. The molecular formula is C14H23N. The molecular weight excluding hydrogens is 182 g/mol. The summed E-state index contributed by atoms with van der Waals surface area (Å²) < 4.78 is 0. The van der Waals surface area contributed by atoms with Crippen molar-refractivity contribution in [3.8, 4) is 6.07 Å². The van der Waals surface area contributed by atoms with Crippen LogP contribution >= 0.6 is 0 Å². The quantitative estimate of drug-likeness (QED) is 0.536. The predicted octanol–water partition coefficient (Wildman–Crippen LogP) is 4.47. The summed E-state index contributed by atoms with van der Waals surface area (Å²) in [6, 6.07) is 2.20. The van der Waals surface area contributed by atoms with E-state index in [0.717, 1.165) is 12.8 Å². The van der Waals surface area contributed by atoms with Crippen LogP contribution in [0.3, 0.4) is 0 Å². The van der Waals surface area contributed by atoms with E-state index in [0.29, 0.717) is 18.3 Å². The molecule has 0 aliphatic rings. The van der Waals surface area contributed by atoms with Crippen LogP contribution in [0.4, 0.5) is 0 Å². The monoisotopic (exact) mass is 205 g/mol. The van der Waals surface area contributed by atoms with Crippen molar-refractivity contribution < 1.29 is 0 Å². The Kier molecular flexibility index (Phi) is 7.72. The molecule has 15 heavy (non-hydrogen) atoms. The minimum atomic E-state index is 0.576.